The first-order valence-corrected chi connectivity index (χ1v) is 10.3. The van der Waals surface area contributed by atoms with E-state index in [1.54, 1.807) is 14.1 Å². The molecule has 0 aromatic carbocycles. The minimum Gasteiger partial charge on any atom is -0.444 e. The van der Waals surface area contributed by atoms with Crippen molar-refractivity contribution in [2.75, 3.05) is 20.6 Å². The number of nitrogens with zero attached hydrogens (tertiary/aromatic N) is 2. The van der Waals surface area contributed by atoms with Gasteiger partial charge in [0, 0.05) is 32.2 Å². The molecule has 1 fully saturated rings. The van der Waals surface area contributed by atoms with Crippen LogP contribution in [0.15, 0.2) is 4.99 Å². The zero-order chi connectivity index (χ0) is 21.3. The Morgan fingerprint density at radius 3 is 2.07 bits per heavy atom. The predicted octanol–water partition coefficient (Wildman–Crippen LogP) is 2.86. The zero-order valence-corrected chi connectivity index (χ0v) is 21.3. The highest BCUT2D eigenvalue weighted by Crippen LogP contribution is 2.19. The molecule has 0 saturated heterocycles. The lowest BCUT2D eigenvalue weighted by atomic mass is 9.91. The number of alkyl carbamates (subject to hydrolysis) is 1. The van der Waals surface area contributed by atoms with E-state index in [-0.39, 0.29) is 60.6 Å². The van der Waals surface area contributed by atoms with Gasteiger partial charge in [0.15, 0.2) is 5.96 Å². The van der Waals surface area contributed by atoms with Gasteiger partial charge in [-0.05, 0) is 59.8 Å². The molecule has 9 heteroatoms. The Morgan fingerprint density at radius 1 is 1.10 bits per heavy atom. The molecule has 0 aromatic heterocycles. The summed E-state index contributed by atoms with van der Waals surface area (Å²) in [4.78, 5) is 29.8. The molecule has 170 valence electrons. The third-order valence-corrected chi connectivity index (χ3v) is 4.66. The Morgan fingerprint density at radius 2 is 1.62 bits per heavy atom. The van der Waals surface area contributed by atoms with Crippen LogP contribution in [0.1, 0.15) is 66.7 Å². The van der Waals surface area contributed by atoms with E-state index in [9.17, 15) is 9.59 Å². The molecule has 1 saturated carbocycles. The van der Waals surface area contributed by atoms with Gasteiger partial charge in [-0.3, -0.25) is 4.79 Å². The van der Waals surface area contributed by atoms with E-state index in [0.29, 0.717) is 5.96 Å². The van der Waals surface area contributed by atoms with Crippen molar-refractivity contribution >= 4 is 41.9 Å². The standard InChI is InChI=1S/C20H39N5O3.HI/c1-8-14(2)22-18(21-13-17(26)25(6)7)23-15-9-11-16(12-10-15)24-19(27)28-20(3,4)5;/h14-16H,8-13H2,1-7H3,(H,24,27)(H2,21,22,23);1H. The van der Waals surface area contributed by atoms with Gasteiger partial charge in [0.25, 0.3) is 0 Å². The zero-order valence-electron chi connectivity index (χ0n) is 19.0. The van der Waals surface area contributed by atoms with Crippen LogP contribution in [0.25, 0.3) is 0 Å². The van der Waals surface area contributed by atoms with Gasteiger partial charge in [0.1, 0.15) is 12.1 Å². The normalized spacial score (nSPS) is 20.7. The van der Waals surface area contributed by atoms with E-state index in [0.717, 1.165) is 32.1 Å². The highest BCUT2D eigenvalue weighted by molar-refractivity contribution is 14.0. The maximum Gasteiger partial charge on any atom is 0.407 e. The average molecular weight is 525 g/mol. The number of amides is 2. The lowest BCUT2D eigenvalue weighted by Gasteiger charge is -2.31. The largest absolute Gasteiger partial charge is 0.444 e. The monoisotopic (exact) mass is 525 g/mol. The number of guanidine groups is 1. The van der Waals surface area contributed by atoms with Gasteiger partial charge in [-0.1, -0.05) is 6.92 Å². The summed E-state index contributed by atoms with van der Waals surface area (Å²) in [6.07, 6.45) is 4.21. The molecule has 29 heavy (non-hydrogen) atoms. The first-order valence-electron chi connectivity index (χ1n) is 10.3. The Hall–Kier alpha value is -1.26. The fourth-order valence-corrected chi connectivity index (χ4v) is 2.81. The molecule has 0 bridgehead atoms. The molecule has 1 unspecified atom stereocenters. The van der Waals surface area contributed by atoms with Crippen LogP contribution in [0.2, 0.25) is 0 Å². The topological polar surface area (TPSA) is 95.1 Å². The quantitative estimate of drug-likeness (QED) is 0.282. The second-order valence-electron chi connectivity index (χ2n) is 8.75. The highest BCUT2D eigenvalue weighted by Gasteiger charge is 2.25. The fraction of sp³-hybridized carbons (Fsp3) is 0.850. The van der Waals surface area contributed by atoms with Crippen LogP contribution in [0, 0.1) is 0 Å². The smallest absolute Gasteiger partial charge is 0.407 e. The first kappa shape index (κ1) is 27.7. The van der Waals surface area contributed by atoms with E-state index in [2.05, 4.69) is 34.8 Å². The molecule has 8 nitrogen and oxygen atoms in total. The van der Waals surface area contributed by atoms with Crippen molar-refractivity contribution in [2.24, 2.45) is 4.99 Å². The molecule has 2 amide bonds. The number of ether oxygens (including phenoxy) is 1. The van der Waals surface area contributed by atoms with Gasteiger partial charge in [-0.15, -0.1) is 24.0 Å². The lowest BCUT2D eigenvalue weighted by molar-refractivity contribution is -0.127. The summed E-state index contributed by atoms with van der Waals surface area (Å²) in [5.41, 5.74) is -0.486. The van der Waals surface area contributed by atoms with Crippen LogP contribution in [0.5, 0.6) is 0 Å². The van der Waals surface area contributed by atoms with Crippen LogP contribution in [-0.4, -0.2) is 67.2 Å². The number of carbonyl (C=O) groups is 2. The van der Waals surface area contributed by atoms with E-state index >= 15 is 0 Å². The van der Waals surface area contributed by atoms with Crippen molar-refractivity contribution in [1.82, 2.24) is 20.9 Å². The summed E-state index contributed by atoms with van der Waals surface area (Å²) in [7, 11) is 3.46. The average Bonchev–Trinajstić information content (AvgIpc) is 2.59. The van der Waals surface area contributed by atoms with Crippen molar-refractivity contribution in [3.05, 3.63) is 0 Å². The minimum atomic E-state index is -0.486. The third kappa shape index (κ3) is 12.1. The van der Waals surface area contributed by atoms with Crippen LogP contribution < -0.4 is 16.0 Å². The number of hydrogen-bond acceptors (Lipinski definition) is 4. The lowest BCUT2D eigenvalue weighted by Crippen LogP contribution is -2.50. The van der Waals surface area contributed by atoms with Crippen LogP contribution in [0.3, 0.4) is 0 Å². The predicted molar refractivity (Wildman–Crippen MR) is 128 cm³/mol. The molecule has 0 aliphatic heterocycles. The minimum absolute atomic E-state index is 0. The Kier molecular flexibility index (Phi) is 12.6. The molecule has 0 aromatic rings. The second-order valence-corrected chi connectivity index (χ2v) is 8.75. The number of likely N-dealkylation sites (N-methyl/N-ethyl adjacent to an activating group) is 1. The summed E-state index contributed by atoms with van der Waals surface area (Å²) in [5, 5.41) is 9.77. The second kappa shape index (κ2) is 13.1. The SMILES string of the molecule is CCC(C)NC(=NCC(=O)N(C)C)NC1CCC(NC(=O)OC(C)(C)C)CC1.I. The molecule has 1 aliphatic carbocycles. The van der Waals surface area contributed by atoms with Crippen LogP contribution >= 0.6 is 24.0 Å². The van der Waals surface area contributed by atoms with Gasteiger partial charge >= 0.3 is 6.09 Å². The maximum atomic E-state index is 11.9. The maximum absolute atomic E-state index is 11.9. The molecule has 0 heterocycles. The highest BCUT2D eigenvalue weighted by atomic mass is 127. The van der Waals surface area contributed by atoms with Crippen LogP contribution in [-0.2, 0) is 9.53 Å². The number of aliphatic imine (C=N–C) groups is 1. The van der Waals surface area contributed by atoms with E-state index in [4.69, 9.17) is 4.74 Å². The van der Waals surface area contributed by atoms with Gasteiger partial charge in [0.05, 0.1) is 0 Å². The van der Waals surface area contributed by atoms with Crippen molar-refractivity contribution in [1.29, 1.82) is 0 Å². The van der Waals surface area contributed by atoms with E-state index in [1.165, 1.54) is 4.90 Å². The third-order valence-electron chi connectivity index (χ3n) is 4.66. The Labute approximate surface area is 193 Å². The molecule has 3 N–H and O–H groups in total. The van der Waals surface area contributed by atoms with Crippen molar-refractivity contribution < 1.29 is 14.3 Å². The van der Waals surface area contributed by atoms with E-state index < -0.39 is 5.60 Å². The molecule has 1 rings (SSSR count). The van der Waals surface area contributed by atoms with Gasteiger partial charge in [0.2, 0.25) is 5.91 Å². The number of halogens is 1. The molecule has 1 aliphatic rings. The molecular formula is C20H40IN5O3. The summed E-state index contributed by atoms with van der Waals surface area (Å²) in [6.45, 7) is 9.90. The van der Waals surface area contributed by atoms with Gasteiger partial charge in [-0.2, -0.15) is 0 Å². The first-order chi connectivity index (χ1) is 13.0. The number of carbonyl (C=O) groups excluding carboxylic acids is 2. The van der Waals surface area contributed by atoms with Crippen molar-refractivity contribution in [3.63, 3.8) is 0 Å². The molecule has 1 atom stereocenters. The molecule has 0 radical (unpaired) electrons. The van der Waals surface area contributed by atoms with Gasteiger partial charge < -0.3 is 25.6 Å². The van der Waals surface area contributed by atoms with Gasteiger partial charge in [-0.25, -0.2) is 9.79 Å². The van der Waals surface area contributed by atoms with E-state index in [1.807, 2.05) is 20.8 Å². The number of nitrogens with one attached hydrogen (secondary N) is 3. The number of hydrogen-bond donors (Lipinski definition) is 3. The summed E-state index contributed by atoms with van der Waals surface area (Å²) in [6, 6.07) is 0.665. The van der Waals surface area contributed by atoms with Crippen molar-refractivity contribution in [3.8, 4) is 0 Å². The summed E-state index contributed by atoms with van der Waals surface area (Å²) < 4.78 is 5.33. The Balaban J connectivity index is 0.00000784. The van der Waals surface area contributed by atoms with Crippen LogP contribution in [0.4, 0.5) is 4.79 Å². The summed E-state index contributed by atoms with van der Waals surface area (Å²) >= 11 is 0. The fourth-order valence-electron chi connectivity index (χ4n) is 2.81. The summed E-state index contributed by atoms with van der Waals surface area (Å²) in [5.74, 6) is 0.642. The molecular weight excluding hydrogens is 485 g/mol. The molecule has 0 spiro atoms. The number of rotatable bonds is 6. The van der Waals surface area contributed by atoms with Crippen molar-refractivity contribution in [2.45, 2.75) is 90.4 Å². The Bertz CT molecular complexity index is 541.